The SMILES string of the molecule is C#CCCC.CCCOC(=O)CC. The lowest BCUT2D eigenvalue weighted by Gasteiger charge is -1.97. The van der Waals surface area contributed by atoms with Crippen LogP contribution in [0.25, 0.3) is 0 Å². The topological polar surface area (TPSA) is 26.3 Å². The fourth-order valence-electron chi connectivity index (χ4n) is 0.462. The van der Waals surface area contributed by atoms with Crippen LogP contribution in [0.15, 0.2) is 0 Å². The molecule has 2 nitrogen and oxygen atoms in total. The Labute approximate surface area is 81.7 Å². The first-order chi connectivity index (χ1) is 6.22. The zero-order valence-corrected chi connectivity index (χ0v) is 8.93. The van der Waals surface area contributed by atoms with Gasteiger partial charge in [-0.1, -0.05) is 20.8 Å². The Morgan fingerprint density at radius 2 is 1.92 bits per heavy atom. The molecule has 0 spiro atoms. The summed E-state index contributed by atoms with van der Waals surface area (Å²) in [6.07, 6.45) is 8.31. The summed E-state index contributed by atoms with van der Waals surface area (Å²) in [6, 6.07) is 0. The van der Waals surface area contributed by atoms with E-state index in [1.807, 2.05) is 6.92 Å². The lowest BCUT2D eigenvalue weighted by atomic mass is 10.4. The lowest BCUT2D eigenvalue weighted by Crippen LogP contribution is -2.02. The molecule has 0 rings (SSSR count). The Balaban J connectivity index is 0. The van der Waals surface area contributed by atoms with Gasteiger partial charge in [0.2, 0.25) is 0 Å². The highest BCUT2D eigenvalue weighted by atomic mass is 16.5. The van der Waals surface area contributed by atoms with Crippen molar-refractivity contribution < 1.29 is 9.53 Å². The second-order valence-electron chi connectivity index (χ2n) is 2.53. The molecule has 0 N–H and O–H groups in total. The van der Waals surface area contributed by atoms with Crippen molar-refractivity contribution >= 4 is 5.97 Å². The quantitative estimate of drug-likeness (QED) is 0.496. The minimum absolute atomic E-state index is 0.105. The molecule has 2 heteroatoms. The molecule has 0 saturated heterocycles. The Bertz CT molecular complexity index is 145. The van der Waals surface area contributed by atoms with Crippen molar-refractivity contribution in [3.05, 3.63) is 0 Å². The molecule has 0 aromatic carbocycles. The second kappa shape index (κ2) is 13.6. The molecule has 76 valence electrons. The number of ether oxygens (including phenoxy) is 1. The fourth-order valence-corrected chi connectivity index (χ4v) is 0.462. The molecule has 0 amide bonds. The van der Waals surface area contributed by atoms with Crippen LogP contribution in [0.1, 0.15) is 46.5 Å². The molecular weight excluding hydrogens is 164 g/mol. The predicted molar refractivity (Wildman–Crippen MR) is 55.3 cm³/mol. The number of terminal acetylenes is 1. The summed E-state index contributed by atoms with van der Waals surface area (Å²) in [6.45, 7) is 6.40. The van der Waals surface area contributed by atoms with Crippen LogP contribution in [0, 0.1) is 12.3 Å². The van der Waals surface area contributed by atoms with Crippen molar-refractivity contribution in [2.24, 2.45) is 0 Å². The van der Waals surface area contributed by atoms with Gasteiger partial charge in [0.1, 0.15) is 0 Å². The van der Waals surface area contributed by atoms with Crippen LogP contribution in [0.4, 0.5) is 0 Å². The van der Waals surface area contributed by atoms with E-state index in [0.717, 1.165) is 19.3 Å². The summed E-state index contributed by atoms with van der Waals surface area (Å²) in [5, 5.41) is 0. The number of carbonyl (C=O) groups excluding carboxylic acids is 1. The van der Waals surface area contributed by atoms with Gasteiger partial charge in [0.05, 0.1) is 6.61 Å². The normalized spacial score (nSPS) is 7.85. The molecule has 0 aliphatic rings. The van der Waals surface area contributed by atoms with E-state index in [0.29, 0.717) is 13.0 Å². The van der Waals surface area contributed by atoms with Crippen molar-refractivity contribution in [2.75, 3.05) is 6.61 Å². The molecule has 0 aliphatic carbocycles. The highest BCUT2D eigenvalue weighted by molar-refractivity contribution is 5.68. The molecular formula is C11H20O2. The summed E-state index contributed by atoms with van der Waals surface area (Å²) < 4.78 is 4.70. The van der Waals surface area contributed by atoms with E-state index in [1.165, 1.54) is 0 Å². The highest BCUT2D eigenvalue weighted by Crippen LogP contribution is 1.85. The average molecular weight is 184 g/mol. The third-order valence-electron chi connectivity index (χ3n) is 1.15. The predicted octanol–water partition coefficient (Wildman–Crippen LogP) is 2.77. The Kier molecular flexibility index (Phi) is 15.2. The molecule has 0 saturated carbocycles. The van der Waals surface area contributed by atoms with Gasteiger partial charge in [0, 0.05) is 12.8 Å². The number of unbranched alkanes of at least 4 members (excludes halogenated alkanes) is 1. The third-order valence-corrected chi connectivity index (χ3v) is 1.15. The molecule has 0 unspecified atom stereocenters. The van der Waals surface area contributed by atoms with E-state index >= 15 is 0 Å². The molecule has 13 heavy (non-hydrogen) atoms. The van der Waals surface area contributed by atoms with Gasteiger partial charge in [0.25, 0.3) is 0 Å². The maximum absolute atomic E-state index is 10.3. The zero-order chi connectivity index (χ0) is 10.5. The first-order valence-corrected chi connectivity index (χ1v) is 4.81. The highest BCUT2D eigenvalue weighted by Gasteiger charge is 1.93. The summed E-state index contributed by atoms with van der Waals surface area (Å²) in [5.41, 5.74) is 0. The van der Waals surface area contributed by atoms with E-state index in [9.17, 15) is 4.79 Å². The largest absolute Gasteiger partial charge is 0.466 e. The first-order valence-electron chi connectivity index (χ1n) is 4.81. The third kappa shape index (κ3) is 18.2. The Hall–Kier alpha value is -0.970. The van der Waals surface area contributed by atoms with Gasteiger partial charge >= 0.3 is 5.97 Å². The molecule has 0 aromatic rings. The maximum atomic E-state index is 10.3. The van der Waals surface area contributed by atoms with Gasteiger partial charge in [-0.2, -0.15) is 0 Å². The molecule has 0 bridgehead atoms. The van der Waals surface area contributed by atoms with Crippen LogP contribution in [0.5, 0.6) is 0 Å². The smallest absolute Gasteiger partial charge is 0.305 e. The number of hydrogen-bond acceptors (Lipinski definition) is 2. The first kappa shape index (κ1) is 14.5. The maximum Gasteiger partial charge on any atom is 0.305 e. The van der Waals surface area contributed by atoms with Crippen LogP contribution < -0.4 is 0 Å². The van der Waals surface area contributed by atoms with E-state index < -0.39 is 0 Å². The summed E-state index contributed by atoms with van der Waals surface area (Å²) >= 11 is 0. The van der Waals surface area contributed by atoms with Crippen LogP contribution in [0.3, 0.4) is 0 Å². The summed E-state index contributed by atoms with van der Waals surface area (Å²) in [7, 11) is 0. The monoisotopic (exact) mass is 184 g/mol. The fraction of sp³-hybridized carbons (Fsp3) is 0.727. The van der Waals surface area contributed by atoms with Gasteiger partial charge in [-0.05, 0) is 12.8 Å². The van der Waals surface area contributed by atoms with Crippen molar-refractivity contribution in [3.8, 4) is 12.3 Å². The van der Waals surface area contributed by atoms with E-state index in [-0.39, 0.29) is 5.97 Å². The van der Waals surface area contributed by atoms with Gasteiger partial charge in [0.15, 0.2) is 0 Å². The standard InChI is InChI=1S/C6H12O2.C5H8/c1-3-5-8-6(7)4-2;1-3-5-4-2/h3-5H2,1-2H3;1H,4-5H2,2H3. The zero-order valence-electron chi connectivity index (χ0n) is 8.93. The minimum Gasteiger partial charge on any atom is -0.466 e. The molecule has 0 fully saturated rings. The average Bonchev–Trinajstić information content (AvgIpc) is 2.16. The van der Waals surface area contributed by atoms with Gasteiger partial charge in [-0.3, -0.25) is 4.79 Å². The number of carbonyl (C=O) groups is 1. The number of esters is 1. The second-order valence-corrected chi connectivity index (χ2v) is 2.53. The lowest BCUT2D eigenvalue weighted by molar-refractivity contribution is -0.143. The number of hydrogen-bond donors (Lipinski definition) is 0. The Morgan fingerprint density at radius 3 is 2.15 bits per heavy atom. The van der Waals surface area contributed by atoms with Crippen LogP contribution in [-0.2, 0) is 9.53 Å². The Morgan fingerprint density at radius 1 is 1.31 bits per heavy atom. The van der Waals surface area contributed by atoms with Crippen molar-refractivity contribution in [1.29, 1.82) is 0 Å². The molecule has 0 aliphatic heterocycles. The molecule has 0 heterocycles. The van der Waals surface area contributed by atoms with E-state index in [4.69, 9.17) is 11.2 Å². The van der Waals surface area contributed by atoms with Gasteiger partial charge in [-0.25, -0.2) is 0 Å². The van der Waals surface area contributed by atoms with Crippen molar-refractivity contribution in [1.82, 2.24) is 0 Å². The van der Waals surface area contributed by atoms with Crippen LogP contribution in [0.2, 0.25) is 0 Å². The number of rotatable bonds is 4. The molecule has 0 radical (unpaired) electrons. The van der Waals surface area contributed by atoms with Crippen molar-refractivity contribution in [2.45, 2.75) is 46.5 Å². The summed E-state index contributed by atoms with van der Waals surface area (Å²) in [5.74, 6) is 2.41. The van der Waals surface area contributed by atoms with Gasteiger partial charge in [-0.15, -0.1) is 12.3 Å². The van der Waals surface area contributed by atoms with Crippen LogP contribution in [-0.4, -0.2) is 12.6 Å². The van der Waals surface area contributed by atoms with Crippen LogP contribution >= 0.6 is 0 Å². The van der Waals surface area contributed by atoms with Crippen molar-refractivity contribution in [3.63, 3.8) is 0 Å². The molecule has 0 aromatic heterocycles. The summed E-state index contributed by atoms with van der Waals surface area (Å²) in [4.78, 5) is 10.3. The van der Waals surface area contributed by atoms with E-state index in [1.54, 1.807) is 6.92 Å². The minimum atomic E-state index is -0.105. The molecule has 0 atom stereocenters. The van der Waals surface area contributed by atoms with E-state index in [2.05, 4.69) is 12.8 Å². The van der Waals surface area contributed by atoms with Gasteiger partial charge < -0.3 is 4.74 Å².